The van der Waals surface area contributed by atoms with E-state index in [0.29, 0.717) is 5.58 Å². The highest BCUT2D eigenvalue weighted by Gasteiger charge is 2.15. The van der Waals surface area contributed by atoms with Gasteiger partial charge in [-0.05, 0) is 33.9 Å². The van der Waals surface area contributed by atoms with Crippen LogP contribution in [0.15, 0.2) is 88.1 Å². The number of methoxy groups -OCH3 is 1. The molecule has 0 spiro atoms. The smallest absolute Gasteiger partial charge is 0.336 e. The Morgan fingerprint density at radius 2 is 1.33 bits per heavy atom. The molecule has 0 aliphatic heterocycles. The van der Waals surface area contributed by atoms with Crippen LogP contribution in [0.5, 0.6) is 5.75 Å². The number of hydrogen-bond donors (Lipinski definition) is 0. The number of benzene rings is 4. The fraction of sp³-hybridized carbons (Fsp3) is 0.0417. The van der Waals surface area contributed by atoms with Gasteiger partial charge in [-0.1, -0.05) is 60.7 Å². The standard InChI is InChI=1S/C24H16O3/c1-26-16-12-10-15(11-13-16)21-14-22(25)27-24-20-9-5-3-7-18(20)17-6-2-4-8-19(17)23(21)24/h2-14H,1H3. The Morgan fingerprint density at radius 3 is 2.00 bits per heavy atom. The van der Waals surface area contributed by atoms with Crippen molar-refractivity contribution in [2.75, 3.05) is 7.11 Å². The molecule has 0 N–H and O–H groups in total. The fourth-order valence-corrected chi connectivity index (χ4v) is 3.80. The summed E-state index contributed by atoms with van der Waals surface area (Å²) in [4.78, 5) is 12.4. The van der Waals surface area contributed by atoms with Crippen LogP contribution in [-0.4, -0.2) is 7.11 Å². The molecule has 5 rings (SSSR count). The first kappa shape index (κ1) is 15.6. The summed E-state index contributed by atoms with van der Waals surface area (Å²) in [5.74, 6) is 0.779. The molecule has 0 saturated heterocycles. The Kier molecular flexibility index (Phi) is 3.47. The molecule has 0 amide bonds. The molecule has 0 radical (unpaired) electrons. The van der Waals surface area contributed by atoms with Crippen molar-refractivity contribution in [3.05, 3.63) is 89.3 Å². The van der Waals surface area contributed by atoms with Gasteiger partial charge in [0.2, 0.25) is 0 Å². The summed E-state index contributed by atoms with van der Waals surface area (Å²) in [6.45, 7) is 0. The number of hydrogen-bond acceptors (Lipinski definition) is 3. The predicted molar refractivity (Wildman–Crippen MR) is 109 cm³/mol. The van der Waals surface area contributed by atoms with Crippen molar-refractivity contribution in [1.82, 2.24) is 0 Å². The quantitative estimate of drug-likeness (QED) is 0.299. The maximum Gasteiger partial charge on any atom is 0.336 e. The number of ether oxygens (including phenoxy) is 1. The summed E-state index contributed by atoms with van der Waals surface area (Å²) in [5, 5.41) is 5.19. The van der Waals surface area contributed by atoms with Crippen LogP contribution in [0.4, 0.5) is 0 Å². The minimum atomic E-state index is -0.353. The molecule has 0 atom stereocenters. The first-order valence-electron chi connectivity index (χ1n) is 8.78. The van der Waals surface area contributed by atoms with E-state index < -0.39 is 0 Å². The van der Waals surface area contributed by atoms with Crippen molar-refractivity contribution >= 4 is 32.5 Å². The van der Waals surface area contributed by atoms with Crippen molar-refractivity contribution in [3.63, 3.8) is 0 Å². The zero-order valence-corrected chi connectivity index (χ0v) is 14.7. The summed E-state index contributed by atoms with van der Waals surface area (Å²) >= 11 is 0. The van der Waals surface area contributed by atoms with Gasteiger partial charge in [-0.15, -0.1) is 0 Å². The molecule has 0 aliphatic carbocycles. The van der Waals surface area contributed by atoms with Crippen molar-refractivity contribution in [2.45, 2.75) is 0 Å². The Hall–Kier alpha value is -3.59. The molecule has 27 heavy (non-hydrogen) atoms. The molecule has 0 aliphatic rings. The van der Waals surface area contributed by atoms with Gasteiger partial charge in [-0.3, -0.25) is 0 Å². The van der Waals surface area contributed by atoms with Crippen molar-refractivity contribution < 1.29 is 9.15 Å². The van der Waals surface area contributed by atoms with Gasteiger partial charge in [0.1, 0.15) is 11.3 Å². The Labute approximate surface area is 155 Å². The minimum Gasteiger partial charge on any atom is -0.497 e. The molecular formula is C24H16O3. The van der Waals surface area contributed by atoms with E-state index in [1.165, 1.54) is 0 Å². The normalized spacial score (nSPS) is 11.3. The van der Waals surface area contributed by atoms with Gasteiger partial charge in [-0.2, -0.15) is 0 Å². The van der Waals surface area contributed by atoms with Crippen molar-refractivity contribution in [2.24, 2.45) is 0 Å². The summed E-state index contributed by atoms with van der Waals surface area (Å²) in [5.41, 5.74) is 2.09. The summed E-state index contributed by atoms with van der Waals surface area (Å²) in [6, 6.07) is 25.6. The average Bonchev–Trinajstić information content (AvgIpc) is 2.73. The van der Waals surface area contributed by atoms with Crippen molar-refractivity contribution in [3.8, 4) is 16.9 Å². The molecule has 3 nitrogen and oxygen atoms in total. The van der Waals surface area contributed by atoms with Crippen LogP contribution in [-0.2, 0) is 0 Å². The molecule has 3 heteroatoms. The van der Waals surface area contributed by atoms with Gasteiger partial charge in [0.25, 0.3) is 0 Å². The third-order valence-corrected chi connectivity index (χ3v) is 5.02. The lowest BCUT2D eigenvalue weighted by Gasteiger charge is -2.13. The molecule has 1 heterocycles. The zero-order chi connectivity index (χ0) is 18.4. The SMILES string of the molecule is COc1ccc(-c2cc(=O)oc3c4ccccc4c4ccccc4c23)cc1. The molecule has 4 aromatic carbocycles. The lowest BCUT2D eigenvalue weighted by molar-refractivity contribution is 0.415. The van der Waals surface area contributed by atoms with Gasteiger partial charge in [0, 0.05) is 22.4 Å². The third kappa shape index (κ3) is 2.40. The van der Waals surface area contributed by atoms with Crippen LogP contribution >= 0.6 is 0 Å². The molecule has 0 unspecified atom stereocenters. The number of fused-ring (bicyclic) bond motifs is 6. The molecule has 1 aromatic heterocycles. The molecule has 0 saturated carbocycles. The summed E-state index contributed by atoms with van der Waals surface area (Å²) in [6.07, 6.45) is 0. The molecular weight excluding hydrogens is 336 g/mol. The summed E-state index contributed by atoms with van der Waals surface area (Å²) < 4.78 is 11.0. The highest BCUT2D eigenvalue weighted by atomic mass is 16.5. The van der Waals surface area contributed by atoms with Crippen LogP contribution in [0.1, 0.15) is 0 Å². The highest BCUT2D eigenvalue weighted by Crippen LogP contribution is 2.39. The minimum absolute atomic E-state index is 0.353. The van der Waals surface area contributed by atoms with Crippen LogP contribution in [0.25, 0.3) is 43.6 Å². The van der Waals surface area contributed by atoms with Gasteiger partial charge < -0.3 is 9.15 Å². The fourth-order valence-electron chi connectivity index (χ4n) is 3.80. The molecule has 5 aromatic rings. The monoisotopic (exact) mass is 352 g/mol. The number of rotatable bonds is 2. The largest absolute Gasteiger partial charge is 0.497 e. The lowest BCUT2D eigenvalue weighted by atomic mass is 9.93. The maximum atomic E-state index is 12.4. The first-order valence-corrected chi connectivity index (χ1v) is 8.78. The van der Waals surface area contributed by atoms with Crippen LogP contribution in [0, 0.1) is 0 Å². The van der Waals surface area contributed by atoms with Crippen LogP contribution in [0.2, 0.25) is 0 Å². The van der Waals surface area contributed by atoms with Gasteiger partial charge in [-0.25, -0.2) is 4.79 Å². The maximum absolute atomic E-state index is 12.4. The van der Waals surface area contributed by atoms with E-state index in [0.717, 1.165) is 43.8 Å². The van der Waals surface area contributed by atoms with E-state index >= 15 is 0 Å². The van der Waals surface area contributed by atoms with Gasteiger partial charge in [0.15, 0.2) is 0 Å². The van der Waals surface area contributed by atoms with E-state index in [9.17, 15) is 4.79 Å². The zero-order valence-electron chi connectivity index (χ0n) is 14.7. The van der Waals surface area contributed by atoms with Gasteiger partial charge in [0.05, 0.1) is 7.11 Å². The van der Waals surface area contributed by atoms with E-state index in [4.69, 9.17) is 9.15 Å². The molecule has 0 bridgehead atoms. The second kappa shape index (κ2) is 5.99. The third-order valence-electron chi connectivity index (χ3n) is 5.02. The first-order chi connectivity index (χ1) is 13.3. The molecule has 130 valence electrons. The second-order valence-electron chi connectivity index (χ2n) is 6.50. The topological polar surface area (TPSA) is 39.4 Å². The highest BCUT2D eigenvalue weighted by molar-refractivity contribution is 6.26. The van der Waals surface area contributed by atoms with E-state index in [1.54, 1.807) is 13.2 Å². The molecule has 0 fully saturated rings. The van der Waals surface area contributed by atoms with Crippen LogP contribution in [0.3, 0.4) is 0 Å². The van der Waals surface area contributed by atoms with E-state index in [-0.39, 0.29) is 5.63 Å². The Bertz CT molecular complexity index is 1360. The van der Waals surface area contributed by atoms with Gasteiger partial charge >= 0.3 is 5.63 Å². The van der Waals surface area contributed by atoms with Crippen LogP contribution < -0.4 is 10.4 Å². The van der Waals surface area contributed by atoms with E-state index in [1.807, 2.05) is 54.6 Å². The average molecular weight is 352 g/mol. The van der Waals surface area contributed by atoms with Crippen molar-refractivity contribution in [1.29, 1.82) is 0 Å². The predicted octanol–water partition coefficient (Wildman–Crippen LogP) is 5.78. The lowest BCUT2D eigenvalue weighted by Crippen LogP contribution is -1.99. The summed E-state index contributed by atoms with van der Waals surface area (Å²) in [7, 11) is 1.64. The second-order valence-corrected chi connectivity index (χ2v) is 6.50. The Balaban J connectivity index is 2.01. The Morgan fingerprint density at radius 1 is 0.741 bits per heavy atom. The van der Waals surface area contributed by atoms with E-state index in [2.05, 4.69) is 18.2 Å².